The van der Waals surface area contributed by atoms with E-state index in [1.807, 2.05) is 24.3 Å². The maximum Gasteiger partial charge on any atom is 0.332 e. The molecule has 1 amide bonds. The van der Waals surface area contributed by atoms with E-state index in [-0.39, 0.29) is 35.0 Å². The first-order valence-electron chi connectivity index (χ1n) is 9.15. The molecule has 0 saturated heterocycles. The zero-order valence-corrected chi connectivity index (χ0v) is 17.4. The van der Waals surface area contributed by atoms with Crippen LogP contribution < -0.4 is 21.3 Å². The monoisotopic (exact) mass is 399 g/mol. The minimum atomic E-state index is -0.541. The Labute approximate surface area is 167 Å². The summed E-state index contributed by atoms with van der Waals surface area (Å²) < 4.78 is 8.83. The van der Waals surface area contributed by atoms with Crippen molar-refractivity contribution in [2.24, 2.45) is 14.1 Å². The van der Waals surface area contributed by atoms with Crippen LogP contribution in [0.1, 0.15) is 26.3 Å². The minimum Gasteiger partial charge on any atom is -0.468 e. The van der Waals surface area contributed by atoms with Crippen molar-refractivity contribution in [2.75, 3.05) is 12.4 Å². The number of amides is 1. The van der Waals surface area contributed by atoms with Crippen LogP contribution in [0.4, 0.5) is 5.69 Å². The molecule has 0 unspecified atom stereocenters. The van der Waals surface area contributed by atoms with Gasteiger partial charge in [-0.1, -0.05) is 32.9 Å². The van der Waals surface area contributed by atoms with Gasteiger partial charge in [-0.3, -0.25) is 23.3 Å². The maximum atomic E-state index is 12.6. The Bertz CT molecular complexity index is 1190. The van der Waals surface area contributed by atoms with Crippen molar-refractivity contribution in [1.29, 1.82) is 0 Å². The molecule has 0 aliphatic heterocycles. The molecule has 2 aromatic heterocycles. The first-order valence-corrected chi connectivity index (χ1v) is 9.15. The average molecular weight is 399 g/mol. The highest BCUT2D eigenvalue weighted by molar-refractivity contribution is 5.91. The first-order chi connectivity index (χ1) is 13.5. The van der Waals surface area contributed by atoms with E-state index < -0.39 is 11.2 Å². The Hall–Kier alpha value is -3.36. The van der Waals surface area contributed by atoms with Gasteiger partial charge in [-0.25, -0.2) is 4.79 Å². The molecule has 0 aliphatic carbocycles. The van der Waals surface area contributed by atoms with Crippen molar-refractivity contribution in [2.45, 2.75) is 32.7 Å². The highest BCUT2D eigenvalue weighted by Crippen LogP contribution is 2.23. The van der Waals surface area contributed by atoms with E-state index in [1.165, 1.54) is 30.3 Å². The number of fused-ring (bicyclic) bond motifs is 1. The number of ether oxygens (including phenoxy) is 1. The molecule has 1 N–H and O–H groups in total. The Morgan fingerprint density at radius 3 is 2.28 bits per heavy atom. The van der Waals surface area contributed by atoms with Gasteiger partial charge in [0.05, 0.1) is 7.11 Å². The van der Waals surface area contributed by atoms with E-state index in [9.17, 15) is 14.4 Å². The molecular weight excluding hydrogens is 374 g/mol. The van der Waals surface area contributed by atoms with Crippen LogP contribution in [-0.4, -0.2) is 31.7 Å². The zero-order valence-electron chi connectivity index (χ0n) is 17.4. The normalized spacial score (nSPS) is 11.7. The number of rotatable bonds is 4. The number of carbonyl (C=O) groups is 1. The highest BCUT2D eigenvalue weighted by atomic mass is 16.5. The number of nitrogens with one attached hydrogen (secondary N) is 1. The third kappa shape index (κ3) is 3.67. The molecule has 154 valence electrons. The van der Waals surface area contributed by atoms with Crippen LogP contribution in [0.2, 0.25) is 0 Å². The molecule has 0 atom stereocenters. The van der Waals surface area contributed by atoms with E-state index >= 15 is 0 Å². The summed E-state index contributed by atoms with van der Waals surface area (Å²) in [5.41, 5.74) is 1.07. The van der Waals surface area contributed by atoms with Crippen LogP contribution in [-0.2, 0) is 30.8 Å². The largest absolute Gasteiger partial charge is 0.468 e. The zero-order chi connectivity index (χ0) is 21.5. The quantitative estimate of drug-likeness (QED) is 0.714. The van der Waals surface area contributed by atoms with Crippen molar-refractivity contribution in [3.63, 3.8) is 0 Å². The second-order valence-electron chi connectivity index (χ2n) is 7.94. The van der Waals surface area contributed by atoms with Crippen molar-refractivity contribution in [1.82, 2.24) is 18.7 Å². The second kappa shape index (κ2) is 7.23. The molecule has 3 rings (SSSR count). The number of benzene rings is 1. The van der Waals surface area contributed by atoms with Crippen LogP contribution in [0.3, 0.4) is 0 Å². The number of anilines is 1. The number of hydrogen-bond acceptors (Lipinski definition) is 5. The lowest BCUT2D eigenvalue weighted by atomic mass is 9.87. The van der Waals surface area contributed by atoms with Gasteiger partial charge in [-0.15, -0.1) is 0 Å². The summed E-state index contributed by atoms with van der Waals surface area (Å²) in [6.45, 7) is 6.16. The molecule has 9 heteroatoms. The summed E-state index contributed by atoms with van der Waals surface area (Å²) in [5, 5.41) is 2.81. The smallest absolute Gasteiger partial charge is 0.332 e. The second-order valence-corrected chi connectivity index (χ2v) is 7.94. The maximum absolute atomic E-state index is 12.6. The Morgan fingerprint density at radius 1 is 1.10 bits per heavy atom. The van der Waals surface area contributed by atoms with Gasteiger partial charge < -0.3 is 10.1 Å². The molecule has 0 radical (unpaired) electrons. The fourth-order valence-corrected chi connectivity index (χ4v) is 3.13. The van der Waals surface area contributed by atoms with Gasteiger partial charge in [0.15, 0.2) is 11.2 Å². The van der Waals surface area contributed by atoms with Gasteiger partial charge in [0.2, 0.25) is 5.91 Å². The number of nitrogens with zero attached hydrogens (tertiary/aromatic N) is 4. The summed E-state index contributed by atoms with van der Waals surface area (Å²) in [6.07, 6.45) is 0. The van der Waals surface area contributed by atoms with Crippen molar-refractivity contribution >= 4 is 22.8 Å². The van der Waals surface area contributed by atoms with E-state index in [0.717, 1.165) is 10.1 Å². The van der Waals surface area contributed by atoms with Crippen molar-refractivity contribution in [3.8, 4) is 6.01 Å². The van der Waals surface area contributed by atoms with E-state index in [0.29, 0.717) is 5.69 Å². The fourth-order valence-electron chi connectivity index (χ4n) is 3.13. The molecule has 9 nitrogen and oxygen atoms in total. The topological polar surface area (TPSA) is 100 Å². The third-order valence-corrected chi connectivity index (χ3v) is 4.83. The first kappa shape index (κ1) is 20.4. The number of hydrogen-bond donors (Lipinski definition) is 1. The molecular formula is C20H25N5O4. The van der Waals surface area contributed by atoms with Crippen LogP contribution in [0.15, 0.2) is 33.9 Å². The Kier molecular flexibility index (Phi) is 5.08. The van der Waals surface area contributed by atoms with Crippen molar-refractivity contribution in [3.05, 3.63) is 50.7 Å². The number of methoxy groups -OCH3 is 1. The summed E-state index contributed by atoms with van der Waals surface area (Å²) in [5.74, 6) is -0.345. The van der Waals surface area contributed by atoms with Crippen LogP contribution in [0.25, 0.3) is 11.2 Å². The number of aryl methyl sites for hydroxylation is 1. The Morgan fingerprint density at radius 2 is 1.72 bits per heavy atom. The van der Waals surface area contributed by atoms with Crippen LogP contribution in [0, 0.1) is 0 Å². The molecule has 0 spiro atoms. The summed E-state index contributed by atoms with van der Waals surface area (Å²) in [7, 11) is 4.28. The summed E-state index contributed by atoms with van der Waals surface area (Å²) >= 11 is 0. The third-order valence-electron chi connectivity index (χ3n) is 4.83. The number of aromatic nitrogens is 4. The Balaban J connectivity index is 1.94. The predicted octanol–water partition coefficient (Wildman–Crippen LogP) is 1.38. The summed E-state index contributed by atoms with van der Waals surface area (Å²) in [6, 6.07) is 7.69. The van der Waals surface area contributed by atoms with Gasteiger partial charge in [-0.2, -0.15) is 4.98 Å². The molecule has 0 aliphatic rings. The van der Waals surface area contributed by atoms with E-state index in [2.05, 4.69) is 31.1 Å². The van der Waals surface area contributed by atoms with Gasteiger partial charge >= 0.3 is 5.69 Å². The lowest BCUT2D eigenvalue weighted by Crippen LogP contribution is -2.37. The SMILES string of the molecule is COc1nc2c(c(=O)n(C)c(=O)n2C)n1CC(=O)Nc1ccc(C(C)(C)C)cc1. The number of imidazole rings is 1. The molecule has 0 saturated carbocycles. The molecule has 0 bridgehead atoms. The van der Waals surface area contributed by atoms with Gasteiger partial charge in [0, 0.05) is 19.8 Å². The molecule has 29 heavy (non-hydrogen) atoms. The summed E-state index contributed by atoms with van der Waals surface area (Å²) in [4.78, 5) is 41.6. The molecule has 0 fully saturated rings. The lowest BCUT2D eigenvalue weighted by Gasteiger charge is -2.19. The van der Waals surface area contributed by atoms with Gasteiger partial charge in [-0.05, 0) is 23.1 Å². The lowest BCUT2D eigenvalue weighted by molar-refractivity contribution is -0.116. The highest BCUT2D eigenvalue weighted by Gasteiger charge is 2.21. The van der Waals surface area contributed by atoms with Gasteiger partial charge in [0.1, 0.15) is 6.54 Å². The van der Waals surface area contributed by atoms with Gasteiger partial charge in [0.25, 0.3) is 11.6 Å². The van der Waals surface area contributed by atoms with E-state index in [1.54, 1.807) is 0 Å². The van der Waals surface area contributed by atoms with Crippen LogP contribution >= 0.6 is 0 Å². The van der Waals surface area contributed by atoms with E-state index in [4.69, 9.17) is 4.74 Å². The van der Waals surface area contributed by atoms with Crippen molar-refractivity contribution < 1.29 is 9.53 Å². The molecule has 2 heterocycles. The standard InChI is InChI=1S/C20H25N5O4/c1-20(2,3)12-7-9-13(10-8-12)21-14(26)11-25-15-16(22-18(25)29-6)23(4)19(28)24(5)17(15)27/h7-10H,11H2,1-6H3,(H,21,26). The molecule has 3 aromatic rings. The molecule has 1 aromatic carbocycles. The predicted molar refractivity (Wildman–Crippen MR) is 111 cm³/mol. The fraction of sp³-hybridized carbons (Fsp3) is 0.400. The van der Waals surface area contributed by atoms with Crippen LogP contribution in [0.5, 0.6) is 6.01 Å². The number of carbonyl (C=O) groups excluding carboxylic acids is 1. The minimum absolute atomic E-state index is 0.0155. The average Bonchev–Trinajstić information content (AvgIpc) is 3.02.